The van der Waals surface area contributed by atoms with Gasteiger partial charge in [-0.05, 0) is 24.5 Å². The van der Waals surface area contributed by atoms with Crippen LogP contribution in [0.25, 0.3) is 0 Å². The minimum absolute atomic E-state index is 0.0723. The highest BCUT2D eigenvalue weighted by Crippen LogP contribution is 2.28. The number of carboxylic acids is 1. The Labute approximate surface area is 216 Å². The number of aliphatic hydroxyl groups excluding tert-OH is 3. The lowest BCUT2D eigenvalue weighted by molar-refractivity contribution is -0.271. The van der Waals surface area contributed by atoms with Crippen LogP contribution in [0.3, 0.4) is 0 Å². The van der Waals surface area contributed by atoms with Gasteiger partial charge in [0, 0.05) is 31.2 Å². The lowest BCUT2D eigenvalue weighted by atomic mass is 9.99. The zero-order chi connectivity index (χ0) is 28.0. The predicted molar refractivity (Wildman–Crippen MR) is 124 cm³/mol. The Bertz CT molecular complexity index is 1100. The van der Waals surface area contributed by atoms with Crippen molar-refractivity contribution in [3.63, 3.8) is 0 Å². The maximum Gasteiger partial charge on any atom is 0.335 e. The van der Waals surface area contributed by atoms with E-state index < -0.39 is 66.9 Å². The number of nitrogens with zero attached hydrogens (tertiary/aromatic N) is 1. The lowest BCUT2D eigenvalue weighted by Gasteiger charge is -2.38. The van der Waals surface area contributed by atoms with Gasteiger partial charge in [0.15, 0.2) is 6.10 Å². The first-order valence-corrected chi connectivity index (χ1v) is 11.6. The fourth-order valence-electron chi connectivity index (χ4n) is 3.74. The summed E-state index contributed by atoms with van der Waals surface area (Å²) in [5.74, 6) is -3.69. The average Bonchev–Trinajstić information content (AvgIpc) is 3.18. The van der Waals surface area contributed by atoms with Crippen molar-refractivity contribution in [3.05, 3.63) is 41.5 Å². The Morgan fingerprint density at radius 3 is 2.37 bits per heavy atom. The number of aryl methyl sites for hydroxylation is 1. The van der Waals surface area contributed by atoms with Crippen LogP contribution in [0.1, 0.15) is 24.5 Å². The molecule has 1 saturated heterocycles. The van der Waals surface area contributed by atoms with Gasteiger partial charge in [-0.3, -0.25) is 24.1 Å². The van der Waals surface area contributed by atoms with Gasteiger partial charge in [-0.25, -0.2) is 4.79 Å². The molecule has 38 heavy (non-hydrogen) atoms. The molecule has 2 aliphatic heterocycles. The van der Waals surface area contributed by atoms with Crippen LogP contribution in [0.15, 0.2) is 30.4 Å². The first kappa shape index (κ1) is 28.7. The Morgan fingerprint density at radius 1 is 1.05 bits per heavy atom. The minimum Gasteiger partial charge on any atom is -0.479 e. The van der Waals surface area contributed by atoms with Crippen molar-refractivity contribution in [2.45, 2.75) is 57.1 Å². The standard InChI is InChI=1S/C24H28N2O12/c1-12(27)36-11-14-5-4-13(3-2-8-25-16(28)10-26-17(29)6-7-18(26)30)9-15(14)37-24-21(33)19(31)20(32)22(38-24)23(34)35/h4-7,9,19-22,24,31-33H,2-3,8,10-11H2,1H3,(H,25,28)(H,34,35)/t19-,20-,21+,22-,24?/m0/s1. The van der Waals surface area contributed by atoms with Crippen LogP contribution < -0.4 is 10.1 Å². The Hall–Kier alpha value is -3.85. The van der Waals surface area contributed by atoms with Crippen molar-refractivity contribution in [3.8, 4) is 5.75 Å². The molecule has 1 unspecified atom stereocenters. The van der Waals surface area contributed by atoms with Crippen LogP contribution in [0, 0.1) is 0 Å². The molecule has 2 heterocycles. The van der Waals surface area contributed by atoms with Crippen molar-refractivity contribution in [2.24, 2.45) is 0 Å². The molecule has 5 atom stereocenters. The number of hydrogen-bond donors (Lipinski definition) is 5. The minimum atomic E-state index is -1.89. The number of carboxylic acid groups (broad SMARTS) is 1. The summed E-state index contributed by atoms with van der Waals surface area (Å²) in [7, 11) is 0. The quantitative estimate of drug-likeness (QED) is 0.118. The average molecular weight is 536 g/mol. The molecule has 0 radical (unpaired) electrons. The summed E-state index contributed by atoms with van der Waals surface area (Å²) in [6.45, 7) is 0.830. The van der Waals surface area contributed by atoms with Crippen molar-refractivity contribution >= 4 is 29.7 Å². The first-order valence-electron chi connectivity index (χ1n) is 11.6. The summed E-state index contributed by atoms with van der Waals surface area (Å²) in [4.78, 5) is 58.6. The van der Waals surface area contributed by atoms with E-state index in [1.165, 1.54) is 13.0 Å². The number of carbonyl (C=O) groups is 5. The van der Waals surface area contributed by atoms with E-state index in [2.05, 4.69) is 5.32 Å². The lowest BCUT2D eigenvalue weighted by Crippen LogP contribution is -2.61. The molecule has 1 fully saturated rings. The Morgan fingerprint density at radius 2 is 1.74 bits per heavy atom. The predicted octanol–water partition coefficient (Wildman–Crippen LogP) is -2.01. The van der Waals surface area contributed by atoms with Gasteiger partial charge in [-0.2, -0.15) is 0 Å². The SMILES string of the molecule is CC(=O)OCc1ccc(CCCNC(=O)CN2C(=O)C=CC2=O)cc1OC1O[C@H](C(=O)O)[C@@H](O)[C@H](O)[C@H]1O. The molecular weight excluding hydrogens is 508 g/mol. The monoisotopic (exact) mass is 536 g/mol. The molecule has 2 aliphatic rings. The van der Waals surface area contributed by atoms with Crippen LogP contribution in [0.4, 0.5) is 0 Å². The van der Waals surface area contributed by atoms with Crippen LogP contribution >= 0.6 is 0 Å². The third-order valence-electron chi connectivity index (χ3n) is 5.79. The molecule has 0 aliphatic carbocycles. The zero-order valence-electron chi connectivity index (χ0n) is 20.3. The summed E-state index contributed by atoms with van der Waals surface area (Å²) >= 11 is 0. The summed E-state index contributed by atoms with van der Waals surface area (Å²) in [5.41, 5.74) is 1.05. The van der Waals surface area contributed by atoms with E-state index in [4.69, 9.17) is 14.2 Å². The Kier molecular flexibility index (Phi) is 9.52. The van der Waals surface area contributed by atoms with Crippen LogP contribution in [0.5, 0.6) is 5.75 Å². The highest BCUT2D eigenvalue weighted by Gasteiger charge is 2.48. The number of carbonyl (C=O) groups excluding carboxylic acids is 4. The van der Waals surface area contributed by atoms with E-state index in [0.29, 0.717) is 24.0 Å². The van der Waals surface area contributed by atoms with Crippen molar-refractivity contribution < 1.29 is 58.6 Å². The van der Waals surface area contributed by atoms with E-state index >= 15 is 0 Å². The van der Waals surface area contributed by atoms with Gasteiger partial charge in [0.2, 0.25) is 12.2 Å². The molecular formula is C24H28N2O12. The summed E-state index contributed by atoms with van der Waals surface area (Å²) in [5, 5.41) is 42.1. The van der Waals surface area contributed by atoms with Gasteiger partial charge in [0.25, 0.3) is 11.8 Å². The Balaban J connectivity index is 1.63. The number of amides is 3. The zero-order valence-corrected chi connectivity index (χ0v) is 20.3. The largest absolute Gasteiger partial charge is 0.479 e. The molecule has 5 N–H and O–H groups in total. The number of nitrogens with one attached hydrogen (secondary N) is 1. The molecule has 1 aromatic rings. The van der Waals surface area contributed by atoms with Gasteiger partial charge in [-0.15, -0.1) is 0 Å². The summed E-state index contributed by atoms with van der Waals surface area (Å²) in [6.07, 6.45) is -6.02. The maximum absolute atomic E-state index is 12.0. The third kappa shape index (κ3) is 7.13. The molecule has 0 saturated carbocycles. The normalized spacial score (nSPS) is 24.8. The van der Waals surface area contributed by atoms with E-state index in [0.717, 1.165) is 17.1 Å². The summed E-state index contributed by atoms with van der Waals surface area (Å²) < 4.78 is 15.8. The maximum atomic E-state index is 12.0. The van der Waals surface area contributed by atoms with Gasteiger partial charge in [0.05, 0.1) is 0 Å². The molecule has 14 heteroatoms. The smallest absolute Gasteiger partial charge is 0.335 e. The fourth-order valence-corrected chi connectivity index (χ4v) is 3.74. The molecule has 0 bridgehead atoms. The molecule has 206 valence electrons. The van der Waals surface area contributed by atoms with E-state index in [9.17, 15) is 44.4 Å². The van der Waals surface area contributed by atoms with E-state index in [-0.39, 0.29) is 18.9 Å². The highest BCUT2D eigenvalue weighted by atomic mass is 16.7. The highest BCUT2D eigenvalue weighted by molar-refractivity contribution is 6.14. The number of imide groups is 1. The second-order valence-electron chi connectivity index (χ2n) is 8.62. The molecule has 14 nitrogen and oxygen atoms in total. The van der Waals surface area contributed by atoms with Crippen molar-refractivity contribution in [1.29, 1.82) is 0 Å². The van der Waals surface area contributed by atoms with Crippen molar-refractivity contribution in [1.82, 2.24) is 10.2 Å². The molecule has 0 aromatic heterocycles. The first-order chi connectivity index (χ1) is 18.0. The van der Waals surface area contributed by atoms with Crippen LogP contribution in [0.2, 0.25) is 0 Å². The number of benzene rings is 1. The second kappa shape index (κ2) is 12.6. The van der Waals surface area contributed by atoms with Crippen LogP contribution in [-0.2, 0) is 46.5 Å². The third-order valence-corrected chi connectivity index (χ3v) is 5.79. The second-order valence-corrected chi connectivity index (χ2v) is 8.62. The topological polar surface area (TPSA) is 209 Å². The van der Waals surface area contributed by atoms with Gasteiger partial charge >= 0.3 is 11.9 Å². The molecule has 1 aromatic carbocycles. The number of hydrogen-bond acceptors (Lipinski definition) is 11. The number of aliphatic hydroxyl groups is 3. The van der Waals surface area contributed by atoms with Gasteiger partial charge in [-0.1, -0.05) is 12.1 Å². The van der Waals surface area contributed by atoms with E-state index in [1.807, 2.05) is 0 Å². The van der Waals surface area contributed by atoms with Gasteiger partial charge in [0.1, 0.15) is 37.2 Å². The molecule has 0 spiro atoms. The number of esters is 1. The number of aliphatic carboxylic acids is 1. The fraction of sp³-hybridized carbons (Fsp3) is 0.458. The molecule has 3 amide bonds. The number of ether oxygens (including phenoxy) is 3. The number of rotatable bonds is 11. The van der Waals surface area contributed by atoms with Crippen LogP contribution in [-0.4, -0.2) is 98.8 Å². The molecule has 3 rings (SSSR count). The summed E-state index contributed by atoms with van der Waals surface area (Å²) in [6, 6.07) is 4.83. The van der Waals surface area contributed by atoms with E-state index in [1.54, 1.807) is 12.1 Å². The van der Waals surface area contributed by atoms with Gasteiger partial charge < -0.3 is 40.0 Å². The van der Waals surface area contributed by atoms with Crippen molar-refractivity contribution in [2.75, 3.05) is 13.1 Å².